The van der Waals surface area contributed by atoms with E-state index in [0.29, 0.717) is 0 Å². The van der Waals surface area contributed by atoms with Crippen LogP contribution < -0.4 is 0 Å². The second kappa shape index (κ2) is 5.47. The summed E-state index contributed by atoms with van der Waals surface area (Å²) in [6, 6.07) is 0. The molecule has 0 aromatic rings. The largest absolute Gasteiger partial charge is 0.462 e. The Morgan fingerprint density at radius 1 is 1.39 bits per heavy atom. The van der Waals surface area contributed by atoms with Crippen molar-refractivity contribution in [3.63, 3.8) is 0 Å². The van der Waals surface area contributed by atoms with Gasteiger partial charge >= 0.3 is 11.9 Å². The number of carbonyl (C=O) groups excluding carboxylic acids is 2. The van der Waals surface area contributed by atoms with Crippen LogP contribution in [-0.4, -0.2) is 52.9 Å². The maximum atomic E-state index is 10.8. The van der Waals surface area contributed by atoms with Gasteiger partial charge in [0.05, 0.1) is 0 Å². The molecular formula is C11H16O7. The maximum absolute atomic E-state index is 10.8. The molecule has 1 rings (SSSR count). The van der Waals surface area contributed by atoms with Crippen molar-refractivity contribution in [3.8, 4) is 0 Å². The van der Waals surface area contributed by atoms with Gasteiger partial charge in [-0.2, -0.15) is 0 Å². The summed E-state index contributed by atoms with van der Waals surface area (Å²) in [7, 11) is 0. The van der Waals surface area contributed by atoms with Crippen molar-refractivity contribution in [1.29, 1.82) is 0 Å². The minimum atomic E-state index is -1.52. The normalized spacial score (nSPS) is 35.0. The summed E-state index contributed by atoms with van der Waals surface area (Å²) < 4.78 is 14.6. The summed E-state index contributed by atoms with van der Waals surface area (Å²) in [5, 5.41) is 19.6. The van der Waals surface area contributed by atoms with Gasteiger partial charge in [0.15, 0.2) is 18.0 Å². The Bertz CT molecular complexity index is 353. The molecule has 0 aromatic heterocycles. The van der Waals surface area contributed by atoms with Gasteiger partial charge in [-0.25, -0.2) is 0 Å². The van der Waals surface area contributed by atoms with E-state index in [9.17, 15) is 19.8 Å². The molecule has 0 saturated carbocycles. The van der Waals surface area contributed by atoms with Gasteiger partial charge in [0.2, 0.25) is 0 Å². The van der Waals surface area contributed by atoms with Crippen LogP contribution >= 0.6 is 0 Å². The number of aliphatic hydroxyl groups is 2. The van der Waals surface area contributed by atoms with Crippen LogP contribution in [0.1, 0.15) is 13.8 Å². The molecule has 0 radical (unpaired) electrons. The number of carbonyl (C=O) groups is 2. The zero-order valence-electron chi connectivity index (χ0n) is 10.2. The molecule has 0 aromatic carbocycles. The van der Waals surface area contributed by atoms with E-state index in [1.807, 2.05) is 0 Å². The lowest BCUT2D eigenvalue weighted by Gasteiger charge is -2.27. The third kappa shape index (κ3) is 2.87. The number of ether oxygens (including phenoxy) is 3. The summed E-state index contributed by atoms with van der Waals surface area (Å²) in [6.45, 7) is 5.46. The zero-order valence-corrected chi connectivity index (χ0v) is 10.2. The van der Waals surface area contributed by atoms with Crippen LogP contribution in [0.3, 0.4) is 0 Å². The molecule has 1 fully saturated rings. The third-order valence-corrected chi connectivity index (χ3v) is 2.58. The van der Waals surface area contributed by atoms with Gasteiger partial charge in [0, 0.05) is 13.8 Å². The molecule has 0 amide bonds. The topological polar surface area (TPSA) is 102 Å². The minimum Gasteiger partial charge on any atom is -0.462 e. The van der Waals surface area contributed by atoms with E-state index in [4.69, 9.17) is 14.2 Å². The number of hydrogen-bond donors (Lipinski definition) is 2. The van der Waals surface area contributed by atoms with Crippen molar-refractivity contribution in [2.75, 3.05) is 6.61 Å². The van der Waals surface area contributed by atoms with Crippen LogP contribution in [-0.2, 0) is 23.8 Å². The predicted octanol–water partition coefficient (Wildman–Crippen LogP) is -0.885. The first-order chi connectivity index (χ1) is 8.32. The van der Waals surface area contributed by atoms with E-state index in [1.165, 1.54) is 13.0 Å². The molecule has 2 N–H and O–H groups in total. The van der Waals surface area contributed by atoms with E-state index in [-0.39, 0.29) is 6.61 Å². The maximum Gasteiger partial charge on any atom is 0.303 e. The van der Waals surface area contributed by atoms with E-state index in [0.717, 1.165) is 6.92 Å². The highest BCUT2D eigenvalue weighted by Crippen LogP contribution is 2.33. The number of hydrogen-bond acceptors (Lipinski definition) is 7. The second-order valence-electron chi connectivity index (χ2n) is 3.97. The van der Waals surface area contributed by atoms with Gasteiger partial charge in [0.25, 0.3) is 0 Å². The molecule has 0 aliphatic carbocycles. The van der Waals surface area contributed by atoms with Crippen LogP contribution in [0.4, 0.5) is 0 Å². The Morgan fingerprint density at radius 2 is 2.00 bits per heavy atom. The molecule has 102 valence electrons. The van der Waals surface area contributed by atoms with Crippen molar-refractivity contribution in [2.24, 2.45) is 0 Å². The van der Waals surface area contributed by atoms with Crippen molar-refractivity contribution in [1.82, 2.24) is 0 Å². The number of esters is 2. The molecule has 0 spiro atoms. The van der Waals surface area contributed by atoms with E-state index in [1.54, 1.807) is 0 Å². The van der Waals surface area contributed by atoms with Gasteiger partial charge in [0.1, 0.15) is 12.7 Å². The first-order valence-corrected chi connectivity index (χ1v) is 5.30. The van der Waals surface area contributed by atoms with Crippen LogP contribution in [0.5, 0.6) is 0 Å². The average Bonchev–Trinajstić information content (AvgIpc) is 2.51. The molecule has 7 heteroatoms. The first-order valence-electron chi connectivity index (χ1n) is 5.30. The zero-order chi connectivity index (χ0) is 13.9. The SMILES string of the molecule is C=C[C@]1(COC(C)=O)OC(O)[C@H](OC(C)=O)[C@@H]1O. The summed E-state index contributed by atoms with van der Waals surface area (Å²) in [6.07, 6.45) is -2.95. The fourth-order valence-electron chi connectivity index (χ4n) is 1.67. The molecule has 7 nitrogen and oxygen atoms in total. The lowest BCUT2D eigenvalue weighted by molar-refractivity contribution is -0.180. The molecule has 4 atom stereocenters. The second-order valence-corrected chi connectivity index (χ2v) is 3.97. The summed E-state index contributed by atoms with van der Waals surface area (Å²) in [4.78, 5) is 21.6. The quantitative estimate of drug-likeness (QED) is 0.499. The average molecular weight is 260 g/mol. The van der Waals surface area contributed by atoms with Crippen LogP contribution in [0.25, 0.3) is 0 Å². The van der Waals surface area contributed by atoms with Gasteiger partial charge in [-0.05, 0) is 0 Å². The van der Waals surface area contributed by atoms with Crippen molar-refractivity contribution < 1.29 is 34.0 Å². The summed E-state index contributed by atoms with van der Waals surface area (Å²) in [5.74, 6) is -1.24. The Hall–Kier alpha value is -1.44. The standard InChI is InChI=1S/C11H16O7/c1-4-11(5-16-6(2)12)9(14)8(10(15)18-11)17-7(3)13/h4,8-10,14-15H,1,5H2,2-3H3/t8-,9+,10?,11-/m1/s1. The highest BCUT2D eigenvalue weighted by atomic mass is 16.7. The molecule has 18 heavy (non-hydrogen) atoms. The molecular weight excluding hydrogens is 244 g/mol. The van der Waals surface area contributed by atoms with E-state index in [2.05, 4.69) is 6.58 Å². The highest BCUT2D eigenvalue weighted by molar-refractivity contribution is 5.66. The fourth-order valence-corrected chi connectivity index (χ4v) is 1.67. The molecule has 1 heterocycles. The predicted molar refractivity (Wildman–Crippen MR) is 58.2 cm³/mol. The van der Waals surface area contributed by atoms with Crippen molar-refractivity contribution in [2.45, 2.75) is 37.9 Å². The lowest BCUT2D eigenvalue weighted by atomic mass is 9.96. The van der Waals surface area contributed by atoms with E-state index < -0.39 is 36.0 Å². The Labute approximate surface area is 104 Å². The smallest absolute Gasteiger partial charge is 0.303 e. The van der Waals surface area contributed by atoms with E-state index >= 15 is 0 Å². The third-order valence-electron chi connectivity index (χ3n) is 2.58. The number of rotatable bonds is 4. The fraction of sp³-hybridized carbons (Fsp3) is 0.636. The molecule has 1 aliphatic rings. The minimum absolute atomic E-state index is 0.332. The van der Waals surface area contributed by atoms with Gasteiger partial charge in [-0.15, -0.1) is 0 Å². The van der Waals surface area contributed by atoms with Crippen LogP contribution in [0.15, 0.2) is 12.7 Å². The van der Waals surface area contributed by atoms with Gasteiger partial charge in [-0.1, -0.05) is 12.7 Å². The molecule has 1 aliphatic heterocycles. The van der Waals surface area contributed by atoms with Crippen molar-refractivity contribution in [3.05, 3.63) is 12.7 Å². The Kier molecular flexibility index (Phi) is 4.44. The molecule has 1 unspecified atom stereocenters. The summed E-state index contributed by atoms with van der Waals surface area (Å²) >= 11 is 0. The molecule has 1 saturated heterocycles. The van der Waals surface area contributed by atoms with Gasteiger partial charge in [-0.3, -0.25) is 9.59 Å². The van der Waals surface area contributed by atoms with Crippen LogP contribution in [0.2, 0.25) is 0 Å². The Balaban J connectivity index is 2.84. The lowest BCUT2D eigenvalue weighted by Crippen LogP contribution is -2.46. The monoisotopic (exact) mass is 260 g/mol. The molecule has 0 bridgehead atoms. The van der Waals surface area contributed by atoms with Gasteiger partial charge < -0.3 is 24.4 Å². The van der Waals surface area contributed by atoms with Crippen LogP contribution in [0, 0.1) is 0 Å². The van der Waals surface area contributed by atoms with Crippen molar-refractivity contribution >= 4 is 11.9 Å². The highest BCUT2D eigenvalue weighted by Gasteiger charge is 2.55. The Morgan fingerprint density at radius 3 is 2.44 bits per heavy atom. The summed E-state index contributed by atoms with van der Waals surface area (Å²) in [5.41, 5.74) is -1.49. The first kappa shape index (κ1) is 14.6. The number of aliphatic hydroxyl groups excluding tert-OH is 2.